The van der Waals surface area contributed by atoms with Gasteiger partial charge in [0.15, 0.2) is 0 Å². The minimum Gasteiger partial charge on any atom is -0.492 e. The molecule has 4 rings (SSSR count). The number of benzene rings is 1. The van der Waals surface area contributed by atoms with Gasteiger partial charge < -0.3 is 19.7 Å². The molecule has 2 N–H and O–H groups in total. The number of esters is 1. The van der Waals surface area contributed by atoms with Crippen LogP contribution in [0.4, 0.5) is 26.3 Å². The van der Waals surface area contributed by atoms with E-state index in [0.717, 1.165) is 38.0 Å². The number of rotatable bonds is 4. The minimum atomic E-state index is -5.08. The van der Waals surface area contributed by atoms with Gasteiger partial charge in [-0.2, -0.15) is 30.6 Å². The first-order chi connectivity index (χ1) is 20.8. The number of fused-ring (bicyclic) bond motifs is 1. The predicted octanol–water partition coefficient (Wildman–Crippen LogP) is 3.19. The minimum absolute atomic E-state index is 0.0859. The van der Waals surface area contributed by atoms with Crippen molar-refractivity contribution in [3.8, 4) is 5.75 Å². The van der Waals surface area contributed by atoms with Gasteiger partial charge in [-0.25, -0.2) is 18.0 Å². The molecule has 250 valence electrons. The van der Waals surface area contributed by atoms with E-state index in [1.54, 1.807) is 24.4 Å². The predicted molar refractivity (Wildman–Crippen MR) is 141 cm³/mol. The number of carboxylic acid groups (broad SMARTS) is 2. The Morgan fingerprint density at radius 2 is 1.53 bits per heavy atom. The van der Waals surface area contributed by atoms with Crippen LogP contribution in [0.3, 0.4) is 0 Å². The Morgan fingerprint density at radius 3 is 2.02 bits per heavy atom. The molecule has 45 heavy (non-hydrogen) atoms. The van der Waals surface area contributed by atoms with Crippen LogP contribution in [-0.2, 0) is 35.7 Å². The molecule has 1 aromatic carbocycles. The summed E-state index contributed by atoms with van der Waals surface area (Å²) in [6.07, 6.45) is -5.01. The lowest BCUT2D eigenvalue weighted by Crippen LogP contribution is -2.52. The molecule has 1 spiro atoms. The van der Waals surface area contributed by atoms with Gasteiger partial charge in [-0.3, -0.25) is 14.7 Å². The molecule has 0 bridgehead atoms. The number of ether oxygens (including phenoxy) is 2. The molecule has 2 aliphatic rings. The number of para-hydroxylation sites is 1. The van der Waals surface area contributed by atoms with Crippen LogP contribution >= 0.6 is 0 Å². The average Bonchev–Trinajstić information content (AvgIpc) is 2.97. The number of likely N-dealkylation sites (tertiary alicyclic amines) is 1. The van der Waals surface area contributed by atoms with Gasteiger partial charge in [0, 0.05) is 30.9 Å². The zero-order valence-electron chi connectivity index (χ0n) is 23.5. The molecular weight excluding hydrogens is 644 g/mol. The van der Waals surface area contributed by atoms with Crippen molar-refractivity contribution < 1.29 is 68.8 Å². The summed E-state index contributed by atoms with van der Waals surface area (Å²) in [5.41, 5.74) is 0.774. The Balaban J connectivity index is 0.000000421. The number of methoxy groups -OCH3 is 1. The van der Waals surface area contributed by atoms with Crippen molar-refractivity contribution in [2.45, 2.75) is 36.6 Å². The molecule has 2 aliphatic heterocycles. The second kappa shape index (κ2) is 15.3. The van der Waals surface area contributed by atoms with Gasteiger partial charge in [0.2, 0.25) is 10.0 Å². The maximum absolute atomic E-state index is 13.4. The van der Waals surface area contributed by atoms with Gasteiger partial charge in [0.05, 0.1) is 13.7 Å². The fourth-order valence-electron chi connectivity index (χ4n) is 4.24. The number of halogens is 6. The molecule has 2 aromatic rings. The third-order valence-electron chi connectivity index (χ3n) is 6.58. The van der Waals surface area contributed by atoms with Crippen molar-refractivity contribution >= 4 is 27.9 Å². The first-order valence-corrected chi connectivity index (χ1v) is 14.2. The van der Waals surface area contributed by atoms with Crippen molar-refractivity contribution in [2.75, 3.05) is 39.9 Å². The van der Waals surface area contributed by atoms with E-state index < -0.39 is 40.3 Å². The number of hydrogen-bond donors (Lipinski definition) is 2. The number of carboxylic acids is 2. The second-order valence-corrected chi connectivity index (χ2v) is 11.7. The number of carbonyl (C=O) groups is 3. The van der Waals surface area contributed by atoms with Crippen molar-refractivity contribution in [3.05, 3.63) is 54.4 Å². The van der Waals surface area contributed by atoms with E-state index in [1.807, 2.05) is 12.3 Å². The van der Waals surface area contributed by atoms with E-state index in [-0.39, 0.29) is 23.4 Å². The molecular formula is C26H29F6N3O9S. The Kier molecular flexibility index (Phi) is 12.7. The van der Waals surface area contributed by atoms with Crippen molar-refractivity contribution in [1.29, 1.82) is 0 Å². The van der Waals surface area contributed by atoms with E-state index in [1.165, 1.54) is 17.5 Å². The van der Waals surface area contributed by atoms with Crippen LogP contribution in [-0.4, -0.2) is 103 Å². The second-order valence-electron chi connectivity index (χ2n) is 9.83. The van der Waals surface area contributed by atoms with E-state index in [4.69, 9.17) is 29.3 Å². The van der Waals surface area contributed by atoms with Gasteiger partial charge in [-0.1, -0.05) is 18.2 Å². The SMILES string of the molecule is COC(=O)CN1CC2(CCN(Cc3cccnc3)CC2)COc2ccccc2S1(=O)=O.O=C(O)C(F)(F)F.O=C(O)C(F)(F)F. The highest BCUT2D eigenvalue weighted by Crippen LogP contribution is 2.39. The van der Waals surface area contributed by atoms with Crippen LogP contribution in [0.2, 0.25) is 0 Å². The van der Waals surface area contributed by atoms with Crippen molar-refractivity contribution in [2.24, 2.45) is 5.41 Å². The zero-order chi connectivity index (χ0) is 34.1. The van der Waals surface area contributed by atoms with Gasteiger partial charge in [-0.05, 0) is 49.7 Å². The topological polar surface area (TPSA) is 164 Å². The monoisotopic (exact) mass is 673 g/mol. The maximum atomic E-state index is 13.4. The van der Waals surface area contributed by atoms with Crippen LogP contribution in [0, 0.1) is 5.41 Å². The van der Waals surface area contributed by atoms with Gasteiger partial charge in [0.25, 0.3) is 0 Å². The Bertz CT molecular complexity index is 1390. The summed E-state index contributed by atoms with van der Waals surface area (Å²) in [7, 11) is -2.63. The molecule has 19 heteroatoms. The Hall–Kier alpha value is -3.97. The summed E-state index contributed by atoms with van der Waals surface area (Å²) in [5, 5.41) is 14.2. The average molecular weight is 674 g/mol. The molecule has 3 heterocycles. The lowest BCUT2D eigenvalue weighted by molar-refractivity contribution is -0.193. The molecule has 0 unspecified atom stereocenters. The normalized spacial score (nSPS) is 17.8. The molecule has 0 amide bonds. The summed E-state index contributed by atoms with van der Waals surface area (Å²) < 4.78 is 102. The first kappa shape index (κ1) is 37.2. The Morgan fingerprint density at radius 1 is 0.978 bits per heavy atom. The molecule has 0 saturated carbocycles. The highest BCUT2D eigenvalue weighted by Gasteiger charge is 2.44. The summed E-state index contributed by atoms with van der Waals surface area (Å²) >= 11 is 0. The van der Waals surface area contributed by atoms with Gasteiger partial charge >= 0.3 is 30.3 Å². The molecule has 12 nitrogen and oxygen atoms in total. The zero-order valence-corrected chi connectivity index (χ0v) is 24.4. The van der Waals surface area contributed by atoms with Crippen molar-refractivity contribution in [3.63, 3.8) is 0 Å². The number of hydrogen-bond acceptors (Lipinski definition) is 9. The van der Waals surface area contributed by atoms with E-state index in [9.17, 15) is 39.6 Å². The molecule has 0 atom stereocenters. The number of pyridine rings is 1. The number of nitrogens with zero attached hydrogens (tertiary/aromatic N) is 3. The third-order valence-corrected chi connectivity index (χ3v) is 8.41. The standard InChI is InChI=1S/C22H27N3O5S.2C2HF3O2/c1-29-21(26)15-25-16-22(17-30-19-6-2-3-7-20(19)31(25,27)28)8-11-24(12-9-22)14-18-5-4-10-23-13-18;2*3-2(4,5)1(6)7/h2-7,10,13H,8-9,11-12,14-17H2,1H3;2*(H,6,7). The number of carbonyl (C=O) groups excluding carboxylic acids is 1. The van der Waals surface area contributed by atoms with Crippen LogP contribution in [0.15, 0.2) is 53.7 Å². The number of aromatic nitrogens is 1. The molecule has 1 fully saturated rings. The number of piperidine rings is 1. The smallest absolute Gasteiger partial charge is 0.490 e. The summed E-state index contributed by atoms with van der Waals surface area (Å²) in [6, 6.07) is 10.6. The Labute approximate surface area is 253 Å². The number of sulfonamides is 1. The molecule has 0 radical (unpaired) electrons. The van der Waals surface area contributed by atoms with E-state index >= 15 is 0 Å². The lowest BCUT2D eigenvalue weighted by Gasteiger charge is -2.44. The fraction of sp³-hybridized carbons (Fsp3) is 0.462. The number of aliphatic carboxylic acids is 2. The summed E-state index contributed by atoms with van der Waals surface area (Å²) in [4.78, 5) is 36.4. The van der Waals surface area contributed by atoms with Crippen LogP contribution in [0.25, 0.3) is 0 Å². The molecule has 1 aromatic heterocycles. The van der Waals surface area contributed by atoms with Crippen molar-refractivity contribution in [1.82, 2.24) is 14.2 Å². The molecule has 0 aliphatic carbocycles. The van der Waals surface area contributed by atoms with Crippen LogP contribution < -0.4 is 4.74 Å². The van der Waals surface area contributed by atoms with Gasteiger partial charge in [0.1, 0.15) is 17.2 Å². The summed E-state index contributed by atoms with van der Waals surface area (Å²) in [6.45, 7) is 2.74. The maximum Gasteiger partial charge on any atom is 0.490 e. The quantitative estimate of drug-likeness (QED) is 0.362. The van der Waals surface area contributed by atoms with Gasteiger partial charge in [-0.15, -0.1) is 0 Å². The number of alkyl halides is 6. The third kappa shape index (κ3) is 11.2. The summed E-state index contributed by atoms with van der Waals surface area (Å²) in [5.74, 6) is -5.76. The van der Waals surface area contributed by atoms with Crippen LogP contribution in [0.5, 0.6) is 5.75 Å². The lowest BCUT2D eigenvalue weighted by atomic mass is 9.78. The first-order valence-electron chi connectivity index (χ1n) is 12.8. The largest absolute Gasteiger partial charge is 0.492 e. The van der Waals surface area contributed by atoms with Crippen LogP contribution in [0.1, 0.15) is 18.4 Å². The highest BCUT2D eigenvalue weighted by atomic mass is 32.2. The van der Waals surface area contributed by atoms with E-state index in [2.05, 4.69) is 16.0 Å². The van der Waals surface area contributed by atoms with E-state index in [0.29, 0.717) is 12.4 Å². The molecule has 1 saturated heterocycles. The highest BCUT2D eigenvalue weighted by molar-refractivity contribution is 7.89. The fourth-order valence-corrected chi connectivity index (χ4v) is 5.87.